The van der Waals surface area contributed by atoms with Crippen molar-refractivity contribution in [2.24, 2.45) is 0 Å². The lowest BCUT2D eigenvalue weighted by atomic mass is 10.2. The van der Waals surface area contributed by atoms with E-state index in [4.69, 9.17) is 0 Å². The number of hydrogen-bond acceptors (Lipinski definition) is 2. The fourth-order valence-corrected chi connectivity index (χ4v) is 2.32. The minimum absolute atomic E-state index is 0.865. The maximum atomic E-state index is 2.56. The van der Waals surface area contributed by atoms with Crippen LogP contribution < -0.4 is 0 Å². The summed E-state index contributed by atoms with van der Waals surface area (Å²) in [4.78, 5) is 5.02. The summed E-state index contributed by atoms with van der Waals surface area (Å²) >= 11 is 0. The minimum atomic E-state index is 0.865. The predicted molar refractivity (Wildman–Crippen MR) is 53.4 cm³/mol. The molecule has 2 unspecified atom stereocenters. The lowest BCUT2D eigenvalue weighted by Crippen LogP contribution is -2.50. The quantitative estimate of drug-likeness (QED) is 0.542. The molecule has 2 saturated heterocycles. The standard InChI is InChI=1S/C8H16N2.C2H6/c1-9-5-7-3-4-8(6-9)10(7)2;1-2/h7-8H,3-6H2,1-2H3;1-2H3. The number of likely N-dealkylation sites (N-methyl/N-ethyl adjacent to an activating group) is 2. The minimum Gasteiger partial charge on any atom is -0.303 e. The van der Waals surface area contributed by atoms with Crippen molar-refractivity contribution >= 4 is 0 Å². The van der Waals surface area contributed by atoms with Gasteiger partial charge in [-0.1, -0.05) is 13.8 Å². The molecule has 2 fully saturated rings. The highest BCUT2D eigenvalue weighted by Gasteiger charge is 2.35. The average Bonchev–Trinajstić information content (AvgIpc) is 2.35. The van der Waals surface area contributed by atoms with E-state index in [0.717, 1.165) is 12.1 Å². The van der Waals surface area contributed by atoms with Crippen LogP contribution in [0.5, 0.6) is 0 Å². The van der Waals surface area contributed by atoms with Crippen molar-refractivity contribution in [2.75, 3.05) is 27.2 Å². The van der Waals surface area contributed by atoms with E-state index in [2.05, 4.69) is 23.9 Å². The van der Waals surface area contributed by atoms with Crippen molar-refractivity contribution in [1.29, 1.82) is 0 Å². The summed E-state index contributed by atoms with van der Waals surface area (Å²) in [6, 6.07) is 1.73. The van der Waals surface area contributed by atoms with E-state index in [0.29, 0.717) is 0 Å². The highest BCUT2D eigenvalue weighted by molar-refractivity contribution is 4.92. The molecule has 2 heterocycles. The Hall–Kier alpha value is -0.0800. The van der Waals surface area contributed by atoms with Gasteiger partial charge in [-0.15, -0.1) is 0 Å². The lowest BCUT2D eigenvalue weighted by molar-refractivity contribution is 0.107. The average molecular weight is 170 g/mol. The Labute approximate surface area is 76.5 Å². The summed E-state index contributed by atoms with van der Waals surface area (Å²) in [7, 11) is 4.51. The molecular weight excluding hydrogens is 148 g/mol. The first-order chi connectivity index (χ1) is 5.77. The summed E-state index contributed by atoms with van der Waals surface area (Å²) in [5.74, 6) is 0. The number of piperazine rings is 1. The molecule has 0 N–H and O–H groups in total. The molecule has 2 atom stereocenters. The predicted octanol–water partition coefficient (Wildman–Crippen LogP) is 1.42. The van der Waals surface area contributed by atoms with Gasteiger partial charge < -0.3 is 4.90 Å². The van der Waals surface area contributed by atoms with Gasteiger partial charge in [-0.2, -0.15) is 0 Å². The lowest BCUT2D eigenvalue weighted by Gasteiger charge is -2.36. The molecule has 0 aromatic carbocycles. The molecular formula is C10H22N2. The zero-order chi connectivity index (χ0) is 9.14. The third-order valence-corrected chi connectivity index (χ3v) is 3.03. The van der Waals surface area contributed by atoms with E-state index >= 15 is 0 Å². The number of likely N-dealkylation sites (tertiary alicyclic amines) is 1. The van der Waals surface area contributed by atoms with Gasteiger partial charge in [0.2, 0.25) is 0 Å². The van der Waals surface area contributed by atoms with E-state index in [1.165, 1.54) is 25.9 Å². The van der Waals surface area contributed by atoms with Crippen LogP contribution in [-0.4, -0.2) is 49.1 Å². The van der Waals surface area contributed by atoms with Crippen LogP contribution in [0.1, 0.15) is 26.7 Å². The first-order valence-electron chi connectivity index (χ1n) is 5.18. The van der Waals surface area contributed by atoms with Crippen LogP contribution in [0.2, 0.25) is 0 Å². The van der Waals surface area contributed by atoms with Gasteiger partial charge in [0.15, 0.2) is 0 Å². The number of hydrogen-bond donors (Lipinski definition) is 0. The molecule has 0 amide bonds. The molecule has 0 aliphatic carbocycles. The Morgan fingerprint density at radius 3 is 1.75 bits per heavy atom. The Kier molecular flexibility index (Phi) is 3.53. The highest BCUT2D eigenvalue weighted by Crippen LogP contribution is 2.27. The summed E-state index contributed by atoms with van der Waals surface area (Å²) in [6.07, 6.45) is 2.84. The van der Waals surface area contributed by atoms with Crippen LogP contribution in [0.25, 0.3) is 0 Å². The summed E-state index contributed by atoms with van der Waals surface area (Å²) in [5.41, 5.74) is 0. The Bertz CT molecular complexity index is 122. The smallest absolute Gasteiger partial charge is 0.0224 e. The molecule has 2 aliphatic heterocycles. The van der Waals surface area contributed by atoms with Gasteiger partial charge in [-0.3, -0.25) is 4.90 Å². The molecule has 0 aromatic rings. The van der Waals surface area contributed by atoms with Crippen molar-refractivity contribution in [3.05, 3.63) is 0 Å². The van der Waals surface area contributed by atoms with Crippen molar-refractivity contribution in [3.63, 3.8) is 0 Å². The maximum absolute atomic E-state index is 2.56. The fraction of sp³-hybridized carbons (Fsp3) is 1.00. The van der Waals surface area contributed by atoms with Crippen LogP contribution in [0, 0.1) is 0 Å². The van der Waals surface area contributed by atoms with Crippen LogP contribution in [-0.2, 0) is 0 Å². The molecule has 72 valence electrons. The summed E-state index contributed by atoms with van der Waals surface area (Å²) in [5, 5.41) is 0. The summed E-state index contributed by atoms with van der Waals surface area (Å²) < 4.78 is 0. The van der Waals surface area contributed by atoms with Crippen LogP contribution >= 0.6 is 0 Å². The Morgan fingerprint density at radius 1 is 0.917 bits per heavy atom. The van der Waals surface area contributed by atoms with Gasteiger partial charge in [-0.25, -0.2) is 0 Å². The van der Waals surface area contributed by atoms with Crippen molar-refractivity contribution in [3.8, 4) is 0 Å². The molecule has 2 bridgehead atoms. The van der Waals surface area contributed by atoms with Crippen LogP contribution in [0.3, 0.4) is 0 Å². The normalized spacial score (nSPS) is 36.0. The number of nitrogens with zero attached hydrogens (tertiary/aromatic N) is 2. The third-order valence-electron chi connectivity index (χ3n) is 3.03. The van der Waals surface area contributed by atoms with E-state index in [9.17, 15) is 0 Å². The van der Waals surface area contributed by atoms with Crippen LogP contribution in [0.15, 0.2) is 0 Å². The molecule has 0 saturated carbocycles. The zero-order valence-corrected chi connectivity index (χ0v) is 8.88. The van der Waals surface area contributed by atoms with E-state index in [1.807, 2.05) is 13.8 Å². The van der Waals surface area contributed by atoms with Gasteiger partial charge >= 0.3 is 0 Å². The first kappa shape index (κ1) is 10.0. The van der Waals surface area contributed by atoms with Gasteiger partial charge in [0, 0.05) is 25.2 Å². The van der Waals surface area contributed by atoms with Crippen molar-refractivity contribution in [2.45, 2.75) is 38.8 Å². The molecule has 12 heavy (non-hydrogen) atoms. The summed E-state index contributed by atoms with van der Waals surface area (Å²) in [6.45, 7) is 6.57. The topological polar surface area (TPSA) is 6.48 Å². The second-order valence-corrected chi connectivity index (χ2v) is 3.77. The highest BCUT2D eigenvalue weighted by atomic mass is 15.3. The van der Waals surface area contributed by atoms with E-state index in [-0.39, 0.29) is 0 Å². The molecule has 0 aromatic heterocycles. The molecule has 2 aliphatic rings. The second-order valence-electron chi connectivity index (χ2n) is 3.77. The molecule has 2 nitrogen and oxygen atoms in total. The molecule has 2 heteroatoms. The third kappa shape index (κ3) is 1.80. The SMILES string of the molecule is CC.CN1CC2CCC(C1)N2C. The Morgan fingerprint density at radius 2 is 1.33 bits per heavy atom. The number of rotatable bonds is 0. The molecule has 0 spiro atoms. The van der Waals surface area contributed by atoms with Gasteiger partial charge in [0.25, 0.3) is 0 Å². The van der Waals surface area contributed by atoms with Crippen LogP contribution in [0.4, 0.5) is 0 Å². The second kappa shape index (κ2) is 4.24. The molecule has 0 radical (unpaired) electrons. The largest absolute Gasteiger partial charge is 0.303 e. The van der Waals surface area contributed by atoms with Gasteiger partial charge in [0.1, 0.15) is 0 Å². The van der Waals surface area contributed by atoms with Crippen molar-refractivity contribution in [1.82, 2.24) is 9.80 Å². The maximum Gasteiger partial charge on any atom is 0.0224 e. The zero-order valence-electron chi connectivity index (χ0n) is 8.88. The Balaban J connectivity index is 0.000000336. The monoisotopic (exact) mass is 170 g/mol. The van der Waals surface area contributed by atoms with Crippen molar-refractivity contribution < 1.29 is 0 Å². The molecule has 2 rings (SSSR count). The van der Waals surface area contributed by atoms with E-state index < -0.39 is 0 Å². The van der Waals surface area contributed by atoms with Gasteiger partial charge in [0.05, 0.1) is 0 Å². The van der Waals surface area contributed by atoms with Gasteiger partial charge in [-0.05, 0) is 26.9 Å². The fourth-order valence-electron chi connectivity index (χ4n) is 2.32. The first-order valence-corrected chi connectivity index (χ1v) is 5.18. The number of fused-ring (bicyclic) bond motifs is 2. The van der Waals surface area contributed by atoms with E-state index in [1.54, 1.807) is 0 Å².